The van der Waals surface area contributed by atoms with Gasteiger partial charge in [0.05, 0.1) is 35.1 Å². The molecule has 1 aliphatic rings. The Balaban J connectivity index is 1.30. The van der Waals surface area contributed by atoms with E-state index in [1.165, 1.54) is 4.68 Å². The van der Waals surface area contributed by atoms with E-state index in [0.717, 1.165) is 27.8 Å². The molecule has 0 saturated heterocycles. The number of amides is 2. The third kappa shape index (κ3) is 6.25. The molecule has 1 aliphatic carbocycles. The van der Waals surface area contributed by atoms with Crippen molar-refractivity contribution in [2.24, 2.45) is 0 Å². The fourth-order valence-corrected chi connectivity index (χ4v) is 6.22. The van der Waals surface area contributed by atoms with E-state index in [9.17, 15) is 19.5 Å². The van der Waals surface area contributed by atoms with Crippen LogP contribution < -0.4 is 21.2 Å². The van der Waals surface area contributed by atoms with Crippen LogP contribution in [-0.2, 0) is 11.3 Å². The van der Waals surface area contributed by atoms with Crippen LogP contribution in [0.4, 0.5) is 9.59 Å². The molecule has 5 aromatic rings. The number of carbonyl (C=O) groups excluding carboxylic acids is 1. The summed E-state index contributed by atoms with van der Waals surface area (Å²) in [5.74, 6) is 0.121. The van der Waals surface area contributed by atoms with Crippen LogP contribution in [0.15, 0.2) is 102 Å². The fraction of sp³-hybridized carbons (Fsp3) is 0.200. The number of fused-ring (bicyclic) bond motifs is 4. The highest BCUT2D eigenvalue weighted by atomic mass is 35.5. The fourth-order valence-electron chi connectivity index (χ4n) is 5.97. The van der Waals surface area contributed by atoms with E-state index in [1.54, 1.807) is 30.1 Å². The molecule has 46 heavy (non-hydrogen) atoms. The molecule has 6 rings (SSSR count). The first-order valence-electron chi connectivity index (χ1n) is 14.9. The first kappa shape index (κ1) is 30.7. The van der Waals surface area contributed by atoms with Crippen LogP contribution in [0.1, 0.15) is 41.4 Å². The van der Waals surface area contributed by atoms with Gasteiger partial charge in [-0.3, -0.25) is 4.79 Å². The first-order chi connectivity index (χ1) is 22.3. The number of benzene rings is 4. The van der Waals surface area contributed by atoms with Gasteiger partial charge in [0.25, 0.3) is 5.56 Å². The molecule has 0 saturated carbocycles. The van der Waals surface area contributed by atoms with Crippen molar-refractivity contribution in [3.63, 3.8) is 0 Å². The van der Waals surface area contributed by atoms with Crippen molar-refractivity contribution in [1.29, 1.82) is 0 Å². The van der Waals surface area contributed by atoms with Crippen LogP contribution in [0.25, 0.3) is 22.0 Å². The van der Waals surface area contributed by atoms with Gasteiger partial charge < -0.3 is 25.5 Å². The molecule has 1 atom stereocenters. The molecule has 4 aromatic carbocycles. The maximum Gasteiger partial charge on any atom is 0.407 e. The Morgan fingerprint density at radius 2 is 1.61 bits per heavy atom. The summed E-state index contributed by atoms with van der Waals surface area (Å²) in [6.45, 7) is 2.25. The molecule has 0 fully saturated rings. The maximum atomic E-state index is 14.1. The maximum absolute atomic E-state index is 14.1. The highest BCUT2D eigenvalue weighted by Gasteiger charge is 2.30. The summed E-state index contributed by atoms with van der Waals surface area (Å²) in [5.41, 5.74) is 5.24. The van der Waals surface area contributed by atoms with E-state index in [-0.39, 0.29) is 48.4 Å². The van der Waals surface area contributed by atoms with E-state index >= 15 is 0 Å². The normalized spacial score (nSPS) is 12.7. The second kappa shape index (κ2) is 13.3. The number of halogens is 1. The van der Waals surface area contributed by atoms with E-state index in [2.05, 4.69) is 22.8 Å². The average molecular weight is 638 g/mol. The number of hydrogen-bond acceptors (Lipinski definition) is 6. The van der Waals surface area contributed by atoms with Crippen molar-refractivity contribution in [3.8, 4) is 11.1 Å². The second-order valence-corrected chi connectivity index (χ2v) is 11.4. The van der Waals surface area contributed by atoms with E-state index in [0.29, 0.717) is 5.52 Å². The van der Waals surface area contributed by atoms with Crippen LogP contribution in [0.3, 0.4) is 0 Å². The minimum atomic E-state index is -1.18. The van der Waals surface area contributed by atoms with Gasteiger partial charge >= 0.3 is 12.2 Å². The largest absolute Gasteiger partial charge is 0.465 e. The minimum absolute atomic E-state index is 0.0305. The van der Waals surface area contributed by atoms with Gasteiger partial charge in [-0.05, 0) is 46.9 Å². The molecular weight excluding hydrogens is 606 g/mol. The predicted molar refractivity (Wildman–Crippen MR) is 177 cm³/mol. The standard InChI is InChI=1S/C35H32ClN5O5/c1-22(38-35(45)46-21-28-26-14-7-5-12-24(26)25-13-6-8-15-27(25)28)32-39-30-17-9-16-29(36)31(30)33(42)41(32)40(19-18-37-34(43)44)20-23-10-3-2-4-11-23/h2-17,22,28,37H,18-21H2,1H3,(H,38,45)(H,43,44). The monoisotopic (exact) mass is 637 g/mol. The molecule has 0 spiro atoms. The van der Waals surface area contributed by atoms with Crippen LogP contribution in [0, 0.1) is 0 Å². The third-order valence-corrected chi connectivity index (χ3v) is 8.37. The van der Waals surface area contributed by atoms with Gasteiger partial charge in [0.2, 0.25) is 0 Å². The van der Waals surface area contributed by atoms with Crippen molar-refractivity contribution in [1.82, 2.24) is 20.3 Å². The van der Waals surface area contributed by atoms with Gasteiger partial charge in [-0.1, -0.05) is 96.5 Å². The van der Waals surface area contributed by atoms with E-state index < -0.39 is 23.8 Å². The quantitative estimate of drug-likeness (QED) is 0.170. The number of hydrogen-bond donors (Lipinski definition) is 3. The number of nitrogens with zero attached hydrogens (tertiary/aromatic N) is 3. The van der Waals surface area contributed by atoms with Crippen molar-refractivity contribution < 1.29 is 19.4 Å². The molecule has 11 heteroatoms. The molecule has 0 bridgehead atoms. The first-order valence-corrected chi connectivity index (χ1v) is 15.3. The highest BCUT2D eigenvalue weighted by molar-refractivity contribution is 6.35. The lowest BCUT2D eigenvalue weighted by atomic mass is 9.98. The topological polar surface area (TPSA) is 126 Å². The molecule has 1 aromatic heterocycles. The van der Waals surface area contributed by atoms with Gasteiger partial charge in [-0.2, -0.15) is 0 Å². The molecule has 2 amide bonds. The third-order valence-electron chi connectivity index (χ3n) is 8.05. The van der Waals surface area contributed by atoms with E-state index in [1.807, 2.05) is 66.7 Å². The Bertz CT molecular complexity index is 1920. The molecule has 1 heterocycles. The van der Waals surface area contributed by atoms with Crippen molar-refractivity contribution in [3.05, 3.63) is 135 Å². The highest BCUT2D eigenvalue weighted by Crippen LogP contribution is 2.44. The summed E-state index contributed by atoms with van der Waals surface area (Å²) in [7, 11) is 0. The molecule has 234 valence electrons. The smallest absolute Gasteiger partial charge is 0.407 e. The number of nitrogens with one attached hydrogen (secondary N) is 2. The summed E-state index contributed by atoms with van der Waals surface area (Å²) in [4.78, 5) is 43.5. The Morgan fingerprint density at radius 3 is 2.28 bits per heavy atom. The number of carboxylic acid groups (broad SMARTS) is 1. The molecule has 10 nitrogen and oxygen atoms in total. The number of carbonyl (C=O) groups is 2. The number of alkyl carbamates (subject to hydrolysis) is 1. The number of aromatic nitrogens is 2. The summed E-state index contributed by atoms with van der Waals surface area (Å²) in [5, 5.41) is 16.6. The molecule has 0 aliphatic heterocycles. The SMILES string of the molecule is CC(NC(=O)OCC1c2ccccc2-c2ccccc21)c1nc2cccc(Cl)c2c(=O)n1N(CCNC(=O)O)Cc1ccccc1. The summed E-state index contributed by atoms with van der Waals surface area (Å²) < 4.78 is 7.15. The van der Waals surface area contributed by atoms with Crippen LogP contribution in [-0.4, -0.2) is 46.6 Å². The van der Waals surface area contributed by atoms with Crippen LogP contribution in [0.5, 0.6) is 0 Å². The zero-order chi connectivity index (χ0) is 32.2. The summed E-state index contributed by atoms with van der Waals surface area (Å²) >= 11 is 6.48. The Labute approximate surface area is 270 Å². The van der Waals surface area contributed by atoms with Gasteiger partial charge in [0, 0.05) is 12.5 Å². The van der Waals surface area contributed by atoms with Crippen molar-refractivity contribution in [2.75, 3.05) is 24.7 Å². The summed E-state index contributed by atoms with van der Waals surface area (Å²) in [6.07, 6.45) is -1.85. The van der Waals surface area contributed by atoms with Crippen LogP contribution >= 0.6 is 11.6 Å². The average Bonchev–Trinajstić information content (AvgIpc) is 3.37. The van der Waals surface area contributed by atoms with Gasteiger partial charge in [0.1, 0.15) is 6.61 Å². The van der Waals surface area contributed by atoms with Gasteiger partial charge in [0.15, 0.2) is 5.82 Å². The minimum Gasteiger partial charge on any atom is -0.465 e. The lowest BCUT2D eigenvalue weighted by Gasteiger charge is -2.30. The molecule has 1 unspecified atom stereocenters. The lowest BCUT2D eigenvalue weighted by Crippen LogP contribution is -2.49. The summed E-state index contributed by atoms with van der Waals surface area (Å²) in [6, 6.07) is 29.9. The van der Waals surface area contributed by atoms with Crippen molar-refractivity contribution in [2.45, 2.75) is 25.4 Å². The second-order valence-electron chi connectivity index (χ2n) is 11.0. The van der Waals surface area contributed by atoms with Gasteiger partial charge in [-0.15, -0.1) is 0 Å². The zero-order valence-electron chi connectivity index (χ0n) is 25.0. The Morgan fingerprint density at radius 1 is 0.957 bits per heavy atom. The van der Waals surface area contributed by atoms with E-state index in [4.69, 9.17) is 21.3 Å². The van der Waals surface area contributed by atoms with Gasteiger partial charge in [-0.25, -0.2) is 19.2 Å². The molecular formula is C35H32ClN5O5. The molecule has 0 radical (unpaired) electrons. The number of ether oxygens (including phenoxy) is 1. The lowest BCUT2D eigenvalue weighted by molar-refractivity contribution is 0.139. The number of rotatable bonds is 10. The van der Waals surface area contributed by atoms with Crippen LogP contribution in [0.2, 0.25) is 5.02 Å². The Hall–Kier alpha value is -5.35. The zero-order valence-corrected chi connectivity index (χ0v) is 25.8. The Kier molecular flexibility index (Phi) is 8.89. The van der Waals surface area contributed by atoms with Crippen molar-refractivity contribution >= 4 is 34.7 Å². The predicted octanol–water partition coefficient (Wildman–Crippen LogP) is 6.06. The molecule has 3 N–H and O–H groups in total.